The summed E-state index contributed by atoms with van der Waals surface area (Å²) in [5.41, 5.74) is 13.1. The van der Waals surface area contributed by atoms with Crippen molar-refractivity contribution in [3.05, 3.63) is 24.3 Å². The van der Waals surface area contributed by atoms with Gasteiger partial charge in [0.25, 0.3) is 0 Å². The van der Waals surface area contributed by atoms with Crippen LogP contribution in [-0.4, -0.2) is 20.4 Å². The lowest BCUT2D eigenvalue weighted by Gasteiger charge is -1.97. The van der Waals surface area contributed by atoms with E-state index in [-0.39, 0.29) is 0 Å². The summed E-state index contributed by atoms with van der Waals surface area (Å²) in [6, 6.07) is 7.81. The molecule has 2 heterocycles. The first-order chi connectivity index (χ1) is 8.72. The fourth-order valence-corrected chi connectivity index (χ4v) is 2.69. The van der Waals surface area contributed by atoms with Gasteiger partial charge in [0.05, 0.1) is 0 Å². The molecule has 0 unspecified atom stereocenters. The molecule has 2 aromatic heterocycles. The van der Waals surface area contributed by atoms with Crippen LogP contribution >= 0.6 is 22.7 Å². The van der Waals surface area contributed by atoms with E-state index in [2.05, 4.69) is 20.4 Å². The Morgan fingerprint density at radius 1 is 0.667 bits per heavy atom. The van der Waals surface area contributed by atoms with Gasteiger partial charge in [-0.3, -0.25) is 0 Å². The molecule has 0 bridgehead atoms. The number of benzene rings is 1. The van der Waals surface area contributed by atoms with Crippen molar-refractivity contribution in [3.8, 4) is 21.1 Å². The quantitative estimate of drug-likeness (QED) is 0.740. The predicted octanol–water partition coefficient (Wildman–Crippen LogP) is 1.89. The number of aromatic nitrogens is 4. The van der Waals surface area contributed by atoms with E-state index in [1.54, 1.807) is 0 Å². The van der Waals surface area contributed by atoms with E-state index in [1.807, 2.05) is 24.3 Å². The van der Waals surface area contributed by atoms with Gasteiger partial charge in [0.2, 0.25) is 10.3 Å². The van der Waals surface area contributed by atoms with Crippen molar-refractivity contribution in [2.24, 2.45) is 0 Å². The fourth-order valence-electron chi connectivity index (χ4n) is 1.46. The first-order valence-electron chi connectivity index (χ1n) is 5.01. The zero-order valence-corrected chi connectivity index (χ0v) is 10.7. The third kappa shape index (κ3) is 2.03. The van der Waals surface area contributed by atoms with Gasteiger partial charge in [0, 0.05) is 11.1 Å². The lowest BCUT2D eigenvalue weighted by molar-refractivity contribution is 1.10. The van der Waals surface area contributed by atoms with Crippen molar-refractivity contribution in [1.29, 1.82) is 0 Å². The van der Waals surface area contributed by atoms with Gasteiger partial charge in [-0.05, 0) is 0 Å². The largest absolute Gasteiger partial charge is 0.374 e. The van der Waals surface area contributed by atoms with Gasteiger partial charge in [-0.1, -0.05) is 46.9 Å². The van der Waals surface area contributed by atoms with E-state index in [0.717, 1.165) is 21.1 Å². The second kappa shape index (κ2) is 4.31. The number of nitrogens with two attached hydrogens (primary N) is 2. The Kier molecular flexibility index (Phi) is 2.65. The van der Waals surface area contributed by atoms with Crippen molar-refractivity contribution >= 4 is 32.9 Å². The third-order valence-electron chi connectivity index (χ3n) is 2.26. The molecule has 8 heteroatoms. The molecule has 0 spiro atoms. The summed E-state index contributed by atoms with van der Waals surface area (Å²) in [6.07, 6.45) is 0. The SMILES string of the molecule is Nc1nnc(-c2ccc(-c3nnc(N)s3)cc2)s1. The van der Waals surface area contributed by atoms with Crippen LogP contribution in [0.25, 0.3) is 21.1 Å². The monoisotopic (exact) mass is 276 g/mol. The molecular weight excluding hydrogens is 268 g/mol. The van der Waals surface area contributed by atoms with Crippen molar-refractivity contribution < 1.29 is 0 Å². The van der Waals surface area contributed by atoms with Crippen LogP contribution < -0.4 is 11.5 Å². The smallest absolute Gasteiger partial charge is 0.203 e. The summed E-state index contributed by atoms with van der Waals surface area (Å²) >= 11 is 2.71. The highest BCUT2D eigenvalue weighted by Crippen LogP contribution is 2.29. The van der Waals surface area contributed by atoms with Crippen LogP contribution in [0, 0.1) is 0 Å². The highest BCUT2D eigenvalue weighted by molar-refractivity contribution is 7.18. The zero-order chi connectivity index (χ0) is 12.5. The zero-order valence-electron chi connectivity index (χ0n) is 9.07. The van der Waals surface area contributed by atoms with E-state index in [9.17, 15) is 0 Å². The minimum Gasteiger partial charge on any atom is -0.374 e. The predicted molar refractivity (Wildman–Crippen MR) is 73.1 cm³/mol. The second-order valence-electron chi connectivity index (χ2n) is 3.47. The Balaban J connectivity index is 1.94. The Morgan fingerprint density at radius 3 is 1.33 bits per heavy atom. The van der Waals surface area contributed by atoms with Crippen LogP contribution in [0.3, 0.4) is 0 Å². The van der Waals surface area contributed by atoms with Crippen molar-refractivity contribution in [3.63, 3.8) is 0 Å². The van der Waals surface area contributed by atoms with Crippen LogP contribution in [0.4, 0.5) is 10.3 Å². The normalized spacial score (nSPS) is 10.7. The molecule has 0 fully saturated rings. The number of rotatable bonds is 2. The molecule has 0 saturated carbocycles. The molecule has 0 saturated heterocycles. The van der Waals surface area contributed by atoms with E-state index in [0.29, 0.717) is 10.3 Å². The first-order valence-corrected chi connectivity index (χ1v) is 6.64. The molecule has 0 radical (unpaired) electrons. The van der Waals surface area contributed by atoms with Crippen LogP contribution in [0.2, 0.25) is 0 Å². The lowest BCUT2D eigenvalue weighted by atomic mass is 10.1. The fraction of sp³-hybridized carbons (Fsp3) is 0. The summed E-state index contributed by atoms with van der Waals surface area (Å²) in [6.45, 7) is 0. The number of anilines is 2. The second-order valence-corrected chi connectivity index (χ2v) is 5.49. The maximum atomic E-state index is 5.55. The minimum absolute atomic E-state index is 0.464. The summed E-state index contributed by atoms with van der Waals surface area (Å²) in [4.78, 5) is 0. The highest BCUT2D eigenvalue weighted by Gasteiger charge is 2.07. The topological polar surface area (TPSA) is 104 Å². The van der Waals surface area contributed by atoms with Crippen LogP contribution in [0.5, 0.6) is 0 Å². The molecule has 0 atom stereocenters. The van der Waals surface area contributed by atoms with Crippen molar-refractivity contribution in [2.75, 3.05) is 11.5 Å². The van der Waals surface area contributed by atoms with Gasteiger partial charge in [-0.2, -0.15) is 0 Å². The van der Waals surface area contributed by atoms with Crippen LogP contribution in [0.15, 0.2) is 24.3 Å². The lowest BCUT2D eigenvalue weighted by Crippen LogP contribution is -1.81. The molecular formula is C10H8N6S2. The third-order valence-corrected chi connectivity index (χ3v) is 3.86. The Labute approximate surface area is 110 Å². The van der Waals surface area contributed by atoms with Crippen molar-refractivity contribution in [2.45, 2.75) is 0 Å². The molecule has 1 aromatic carbocycles. The molecule has 0 amide bonds. The Morgan fingerprint density at radius 2 is 1.06 bits per heavy atom. The van der Waals surface area contributed by atoms with Gasteiger partial charge in [0.15, 0.2) is 0 Å². The van der Waals surface area contributed by atoms with Crippen LogP contribution in [0.1, 0.15) is 0 Å². The molecule has 18 heavy (non-hydrogen) atoms. The van der Waals surface area contributed by atoms with E-state index in [1.165, 1.54) is 22.7 Å². The first kappa shape index (κ1) is 11.1. The Bertz CT molecular complexity index is 613. The average molecular weight is 276 g/mol. The van der Waals surface area contributed by atoms with Crippen LogP contribution in [-0.2, 0) is 0 Å². The Hall–Kier alpha value is -2.06. The summed E-state index contributed by atoms with van der Waals surface area (Å²) < 4.78 is 0. The summed E-state index contributed by atoms with van der Waals surface area (Å²) in [7, 11) is 0. The number of nitrogens with zero attached hydrogens (tertiary/aromatic N) is 4. The molecule has 3 rings (SSSR count). The van der Waals surface area contributed by atoms with E-state index in [4.69, 9.17) is 11.5 Å². The molecule has 3 aromatic rings. The molecule has 90 valence electrons. The number of hydrogen-bond acceptors (Lipinski definition) is 8. The molecule has 0 aliphatic heterocycles. The number of hydrogen-bond donors (Lipinski definition) is 2. The van der Waals surface area contributed by atoms with E-state index < -0.39 is 0 Å². The van der Waals surface area contributed by atoms with Gasteiger partial charge < -0.3 is 11.5 Å². The minimum atomic E-state index is 0.464. The molecule has 4 N–H and O–H groups in total. The molecule has 0 aliphatic rings. The number of nitrogen functional groups attached to an aromatic ring is 2. The van der Waals surface area contributed by atoms with Gasteiger partial charge in [-0.25, -0.2) is 0 Å². The highest BCUT2D eigenvalue weighted by atomic mass is 32.1. The van der Waals surface area contributed by atoms with Gasteiger partial charge >= 0.3 is 0 Å². The van der Waals surface area contributed by atoms with Crippen molar-refractivity contribution in [1.82, 2.24) is 20.4 Å². The summed E-state index contributed by atoms with van der Waals surface area (Å²) in [5.74, 6) is 0. The molecule has 6 nitrogen and oxygen atoms in total. The summed E-state index contributed by atoms with van der Waals surface area (Å²) in [5, 5.41) is 18.1. The maximum absolute atomic E-state index is 5.55. The van der Waals surface area contributed by atoms with Gasteiger partial charge in [0.1, 0.15) is 10.0 Å². The molecule has 0 aliphatic carbocycles. The maximum Gasteiger partial charge on any atom is 0.203 e. The van der Waals surface area contributed by atoms with Gasteiger partial charge in [-0.15, -0.1) is 20.4 Å². The average Bonchev–Trinajstić information content (AvgIpc) is 2.98. The standard InChI is InChI=1S/C10H8N6S2/c11-9-15-13-7(17-9)5-1-2-6(4-3-5)8-14-16-10(12)18-8/h1-4H,(H2,11,15)(H2,12,16). The van der Waals surface area contributed by atoms with E-state index >= 15 is 0 Å².